The monoisotopic (exact) mass is 299 g/mol. The molecular formula is C15H19ClFNO2. The molecule has 3 atom stereocenters. The summed E-state index contributed by atoms with van der Waals surface area (Å²) in [6.45, 7) is 4.77. The Balaban J connectivity index is 2.13. The first-order valence-electron chi connectivity index (χ1n) is 6.83. The van der Waals surface area contributed by atoms with Crippen molar-refractivity contribution in [3.63, 3.8) is 0 Å². The molecule has 0 aromatic heterocycles. The Hall–Kier alpha value is -1.13. The average Bonchev–Trinajstić information content (AvgIpc) is 2.37. The number of benzene rings is 1. The smallest absolute Gasteiger partial charge is 0.306 e. The zero-order valence-electron chi connectivity index (χ0n) is 11.6. The normalized spacial score (nSPS) is 25.4. The number of halogens is 2. The van der Waals surface area contributed by atoms with Crippen molar-refractivity contribution in [2.24, 2.45) is 5.92 Å². The number of hydrogen-bond donors (Lipinski definition) is 1. The summed E-state index contributed by atoms with van der Waals surface area (Å²) in [4.78, 5) is 13.3. The summed E-state index contributed by atoms with van der Waals surface area (Å²) in [6, 6.07) is 4.65. The minimum absolute atomic E-state index is 0.0489. The SMILES string of the molecule is CC1CC(C(=O)O)CCN1C(C)c1ccc(F)cc1Cl. The lowest BCUT2D eigenvalue weighted by Gasteiger charge is -2.40. The second-order valence-corrected chi connectivity index (χ2v) is 5.90. The fourth-order valence-corrected chi connectivity index (χ4v) is 3.33. The summed E-state index contributed by atoms with van der Waals surface area (Å²) in [6.07, 6.45) is 1.28. The van der Waals surface area contributed by atoms with E-state index >= 15 is 0 Å². The van der Waals surface area contributed by atoms with E-state index in [1.54, 1.807) is 6.07 Å². The van der Waals surface area contributed by atoms with Gasteiger partial charge in [0.1, 0.15) is 5.82 Å². The van der Waals surface area contributed by atoms with Gasteiger partial charge in [-0.2, -0.15) is 0 Å². The van der Waals surface area contributed by atoms with Crippen molar-refractivity contribution >= 4 is 17.6 Å². The molecule has 1 N–H and O–H groups in total. The van der Waals surface area contributed by atoms with Gasteiger partial charge >= 0.3 is 5.97 Å². The third-order valence-electron chi connectivity index (χ3n) is 4.19. The minimum atomic E-state index is -0.719. The quantitative estimate of drug-likeness (QED) is 0.924. The molecule has 110 valence electrons. The van der Waals surface area contributed by atoms with Crippen LogP contribution in [0.3, 0.4) is 0 Å². The first-order chi connectivity index (χ1) is 9.40. The highest BCUT2D eigenvalue weighted by Crippen LogP contribution is 2.34. The maximum Gasteiger partial charge on any atom is 0.306 e. The van der Waals surface area contributed by atoms with Crippen molar-refractivity contribution < 1.29 is 14.3 Å². The van der Waals surface area contributed by atoms with E-state index in [-0.39, 0.29) is 23.8 Å². The molecule has 1 aliphatic heterocycles. The Labute approximate surface area is 123 Å². The van der Waals surface area contributed by atoms with Crippen LogP contribution in [0.4, 0.5) is 4.39 Å². The molecule has 0 saturated carbocycles. The summed E-state index contributed by atoms with van der Waals surface area (Å²) >= 11 is 6.11. The van der Waals surface area contributed by atoms with Gasteiger partial charge in [-0.3, -0.25) is 9.69 Å². The maximum atomic E-state index is 13.1. The van der Waals surface area contributed by atoms with Gasteiger partial charge in [-0.1, -0.05) is 17.7 Å². The Kier molecular flexibility index (Phi) is 4.66. The van der Waals surface area contributed by atoms with Gasteiger partial charge in [0.15, 0.2) is 0 Å². The van der Waals surface area contributed by atoms with Gasteiger partial charge in [0.2, 0.25) is 0 Å². The maximum absolute atomic E-state index is 13.1. The van der Waals surface area contributed by atoms with Gasteiger partial charge in [0, 0.05) is 17.1 Å². The van der Waals surface area contributed by atoms with Crippen molar-refractivity contribution in [2.75, 3.05) is 6.54 Å². The van der Waals surface area contributed by atoms with Crippen LogP contribution in [0.25, 0.3) is 0 Å². The molecule has 1 heterocycles. The molecule has 1 aromatic rings. The Morgan fingerprint density at radius 3 is 2.80 bits per heavy atom. The van der Waals surface area contributed by atoms with Crippen molar-refractivity contribution in [3.8, 4) is 0 Å². The van der Waals surface area contributed by atoms with E-state index in [2.05, 4.69) is 4.90 Å². The molecule has 1 fully saturated rings. The summed E-state index contributed by atoms with van der Waals surface area (Å²) in [7, 11) is 0. The summed E-state index contributed by atoms with van der Waals surface area (Å²) in [5.74, 6) is -1.33. The summed E-state index contributed by atoms with van der Waals surface area (Å²) in [5.41, 5.74) is 0.883. The Morgan fingerprint density at radius 2 is 2.25 bits per heavy atom. The molecular weight excluding hydrogens is 281 g/mol. The number of carbonyl (C=O) groups is 1. The molecule has 0 amide bonds. The molecule has 3 unspecified atom stereocenters. The molecule has 5 heteroatoms. The molecule has 1 aromatic carbocycles. The number of likely N-dealkylation sites (tertiary alicyclic amines) is 1. The van der Waals surface area contributed by atoms with E-state index < -0.39 is 5.97 Å². The zero-order valence-corrected chi connectivity index (χ0v) is 12.4. The van der Waals surface area contributed by atoms with Crippen LogP contribution in [0.5, 0.6) is 0 Å². The second kappa shape index (κ2) is 6.10. The van der Waals surface area contributed by atoms with Gasteiger partial charge in [-0.25, -0.2) is 4.39 Å². The number of aliphatic carboxylic acids is 1. The first-order valence-corrected chi connectivity index (χ1v) is 7.21. The van der Waals surface area contributed by atoms with E-state index in [1.807, 2.05) is 13.8 Å². The standard InChI is InChI=1S/C15H19ClFNO2/c1-9-7-11(15(19)20)5-6-18(9)10(2)13-4-3-12(17)8-14(13)16/h3-4,8-11H,5-7H2,1-2H3,(H,19,20). The Bertz CT molecular complexity index is 509. The van der Waals surface area contributed by atoms with Gasteiger partial charge in [0.25, 0.3) is 0 Å². The minimum Gasteiger partial charge on any atom is -0.481 e. The number of carboxylic acid groups (broad SMARTS) is 1. The van der Waals surface area contributed by atoms with E-state index in [1.165, 1.54) is 12.1 Å². The fraction of sp³-hybridized carbons (Fsp3) is 0.533. The third-order valence-corrected chi connectivity index (χ3v) is 4.51. The molecule has 20 heavy (non-hydrogen) atoms. The van der Waals surface area contributed by atoms with Crippen molar-refractivity contribution in [1.29, 1.82) is 0 Å². The molecule has 1 aliphatic rings. The van der Waals surface area contributed by atoms with Crippen LogP contribution in [0.2, 0.25) is 5.02 Å². The lowest BCUT2D eigenvalue weighted by atomic mass is 9.89. The topological polar surface area (TPSA) is 40.5 Å². The van der Waals surface area contributed by atoms with Crippen LogP contribution >= 0.6 is 11.6 Å². The molecule has 0 aliphatic carbocycles. The average molecular weight is 300 g/mol. The number of rotatable bonds is 3. The van der Waals surface area contributed by atoms with Crippen LogP contribution < -0.4 is 0 Å². The van der Waals surface area contributed by atoms with Gasteiger partial charge in [0.05, 0.1) is 5.92 Å². The van der Waals surface area contributed by atoms with E-state index in [4.69, 9.17) is 16.7 Å². The van der Waals surface area contributed by atoms with Gasteiger partial charge < -0.3 is 5.11 Å². The van der Waals surface area contributed by atoms with Gasteiger partial charge in [-0.05, 0) is 50.9 Å². The van der Waals surface area contributed by atoms with E-state index in [0.717, 1.165) is 5.56 Å². The predicted molar refractivity (Wildman–Crippen MR) is 76.4 cm³/mol. The highest BCUT2D eigenvalue weighted by Gasteiger charge is 2.32. The van der Waals surface area contributed by atoms with Gasteiger partial charge in [-0.15, -0.1) is 0 Å². The highest BCUT2D eigenvalue weighted by molar-refractivity contribution is 6.31. The number of piperidine rings is 1. The largest absolute Gasteiger partial charge is 0.481 e. The third kappa shape index (κ3) is 3.13. The first kappa shape index (κ1) is 15.3. The summed E-state index contributed by atoms with van der Waals surface area (Å²) < 4.78 is 13.1. The Morgan fingerprint density at radius 1 is 1.55 bits per heavy atom. The van der Waals surface area contributed by atoms with Crippen LogP contribution in [0.1, 0.15) is 38.3 Å². The van der Waals surface area contributed by atoms with Crippen molar-refractivity contribution in [2.45, 2.75) is 38.8 Å². The van der Waals surface area contributed by atoms with E-state index in [0.29, 0.717) is 24.4 Å². The molecule has 0 bridgehead atoms. The van der Waals surface area contributed by atoms with Crippen LogP contribution in [0, 0.1) is 11.7 Å². The fourth-order valence-electron chi connectivity index (χ4n) is 3.01. The molecule has 3 nitrogen and oxygen atoms in total. The molecule has 0 radical (unpaired) electrons. The molecule has 0 spiro atoms. The zero-order chi connectivity index (χ0) is 14.9. The van der Waals surface area contributed by atoms with Crippen LogP contribution in [0.15, 0.2) is 18.2 Å². The predicted octanol–water partition coefficient (Wildman–Crippen LogP) is 3.73. The number of hydrogen-bond acceptors (Lipinski definition) is 2. The number of nitrogens with zero attached hydrogens (tertiary/aromatic N) is 1. The highest BCUT2D eigenvalue weighted by atomic mass is 35.5. The van der Waals surface area contributed by atoms with Crippen molar-refractivity contribution in [1.82, 2.24) is 4.90 Å². The van der Waals surface area contributed by atoms with Crippen molar-refractivity contribution in [3.05, 3.63) is 34.6 Å². The summed E-state index contributed by atoms with van der Waals surface area (Å²) in [5, 5.41) is 9.51. The van der Waals surface area contributed by atoms with Crippen LogP contribution in [-0.4, -0.2) is 28.6 Å². The number of carboxylic acids is 1. The second-order valence-electron chi connectivity index (χ2n) is 5.49. The lowest BCUT2D eigenvalue weighted by Crippen LogP contribution is -2.43. The molecule has 1 saturated heterocycles. The molecule has 2 rings (SSSR count). The van der Waals surface area contributed by atoms with E-state index in [9.17, 15) is 9.18 Å². The lowest BCUT2D eigenvalue weighted by molar-refractivity contribution is -0.144. The van der Waals surface area contributed by atoms with Crippen LogP contribution in [-0.2, 0) is 4.79 Å².